The maximum absolute atomic E-state index is 14.5. The largest absolute Gasteiger partial charge is 0.454 e. The van der Waals surface area contributed by atoms with Crippen LogP contribution >= 0.6 is 0 Å². The number of rotatable bonds is 4. The number of nitrogens with zero attached hydrogens (tertiary/aromatic N) is 1. The standard InChI is InChI=1S/C24H16F2N2O4/c1-13-2-4-14(5-3-13)21-22(27-16-7-9-19-20(11-16)32-12-31-19)24(30)28(23(21)29)18-10-15(25)6-8-17(18)26/h2-11,27H,12H2,1H3. The van der Waals surface area contributed by atoms with Crippen molar-refractivity contribution in [2.45, 2.75) is 6.92 Å². The van der Waals surface area contributed by atoms with Gasteiger partial charge in [-0.1, -0.05) is 29.8 Å². The van der Waals surface area contributed by atoms with Gasteiger partial charge in [0.15, 0.2) is 11.5 Å². The third kappa shape index (κ3) is 3.26. The van der Waals surface area contributed by atoms with E-state index < -0.39 is 29.1 Å². The number of benzene rings is 3. The van der Waals surface area contributed by atoms with Crippen molar-refractivity contribution in [3.8, 4) is 11.5 Å². The van der Waals surface area contributed by atoms with Crippen molar-refractivity contribution in [3.05, 3.63) is 89.1 Å². The summed E-state index contributed by atoms with van der Waals surface area (Å²) in [7, 11) is 0. The van der Waals surface area contributed by atoms with Crippen LogP contribution in [0.1, 0.15) is 11.1 Å². The average molecular weight is 434 g/mol. The minimum Gasteiger partial charge on any atom is -0.454 e. The van der Waals surface area contributed by atoms with Gasteiger partial charge in [0.25, 0.3) is 11.8 Å². The number of aryl methyl sites for hydroxylation is 1. The summed E-state index contributed by atoms with van der Waals surface area (Å²) in [6.45, 7) is 1.97. The molecule has 3 aromatic rings. The molecule has 160 valence electrons. The summed E-state index contributed by atoms with van der Waals surface area (Å²) in [4.78, 5) is 27.3. The van der Waals surface area contributed by atoms with Crippen LogP contribution in [0.5, 0.6) is 11.5 Å². The van der Waals surface area contributed by atoms with E-state index in [1.165, 1.54) is 0 Å². The monoisotopic (exact) mass is 434 g/mol. The topological polar surface area (TPSA) is 67.9 Å². The van der Waals surface area contributed by atoms with Crippen molar-refractivity contribution in [2.24, 2.45) is 0 Å². The highest BCUT2D eigenvalue weighted by Crippen LogP contribution is 2.38. The number of halogens is 2. The number of nitrogens with one attached hydrogen (secondary N) is 1. The maximum Gasteiger partial charge on any atom is 0.282 e. The first kappa shape index (κ1) is 19.7. The summed E-state index contributed by atoms with van der Waals surface area (Å²) >= 11 is 0. The van der Waals surface area contributed by atoms with E-state index in [0.29, 0.717) is 27.6 Å². The van der Waals surface area contributed by atoms with Crippen LogP contribution in [0.15, 0.2) is 66.4 Å². The molecule has 0 aliphatic carbocycles. The molecule has 32 heavy (non-hydrogen) atoms. The molecule has 6 nitrogen and oxygen atoms in total. The van der Waals surface area contributed by atoms with Gasteiger partial charge in [0.05, 0.1) is 11.3 Å². The molecule has 3 aromatic carbocycles. The maximum atomic E-state index is 14.5. The zero-order chi connectivity index (χ0) is 22.4. The van der Waals surface area contributed by atoms with Crippen LogP contribution in [0.3, 0.4) is 0 Å². The first-order valence-corrected chi connectivity index (χ1v) is 9.74. The van der Waals surface area contributed by atoms with Crippen LogP contribution in [0.2, 0.25) is 0 Å². The fourth-order valence-corrected chi connectivity index (χ4v) is 3.63. The Hall–Kier alpha value is -4.20. The zero-order valence-electron chi connectivity index (χ0n) is 16.8. The molecule has 0 saturated carbocycles. The number of anilines is 2. The first-order valence-electron chi connectivity index (χ1n) is 9.74. The summed E-state index contributed by atoms with van der Waals surface area (Å²) in [5.74, 6) is -2.17. The van der Waals surface area contributed by atoms with Gasteiger partial charge in [0.2, 0.25) is 6.79 Å². The fraction of sp³-hybridized carbons (Fsp3) is 0.0833. The lowest BCUT2D eigenvalue weighted by Crippen LogP contribution is -2.33. The van der Waals surface area contributed by atoms with Crippen molar-refractivity contribution < 1.29 is 27.8 Å². The van der Waals surface area contributed by atoms with E-state index in [9.17, 15) is 18.4 Å². The Morgan fingerprint density at radius 1 is 0.875 bits per heavy atom. The predicted molar refractivity (Wildman–Crippen MR) is 113 cm³/mol. The molecular weight excluding hydrogens is 418 g/mol. The number of carbonyl (C=O) groups excluding carboxylic acids is 2. The van der Waals surface area contributed by atoms with E-state index >= 15 is 0 Å². The molecule has 2 aliphatic rings. The van der Waals surface area contributed by atoms with Crippen molar-refractivity contribution in [1.29, 1.82) is 0 Å². The molecule has 2 heterocycles. The van der Waals surface area contributed by atoms with Gasteiger partial charge in [-0.25, -0.2) is 13.7 Å². The van der Waals surface area contributed by atoms with Crippen LogP contribution in [0.25, 0.3) is 5.57 Å². The minimum atomic E-state index is -0.888. The SMILES string of the molecule is Cc1ccc(C2=C(Nc3ccc4c(c3)OCO4)C(=O)N(c3cc(F)ccc3F)C2=O)cc1. The molecule has 0 spiro atoms. The molecular formula is C24H16F2N2O4. The molecule has 0 aromatic heterocycles. The first-order chi connectivity index (χ1) is 15.4. The van der Waals surface area contributed by atoms with Crippen LogP contribution in [0, 0.1) is 18.6 Å². The van der Waals surface area contributed by atoms with Crippen molar-refractivity contribution in [2.75, 3.05) is 17.0 Å². The molecule has 0 saturated heterocycles. The van der Waals surface area contributed by atoms with E-state index in [1.54, 1.807) is 42.5 Å². The summed E-state index contributed by atoms with van der Waals surface area (Å²) in [5.41, 5.74) is 1.45. The molecule has 0 radical (unpaired) electrons. The van der Waals surface area contributed by atoms with Gasteiger partial charge < -0.3 is 14.8 Å². The second-order valence-electron chi connectivity index (χ2n) is 7.35. The highest BCUT2D eigenvalue weighted by Gasteiger charge is 2.41. The molecule has 2 aliphatic heterocycles. The van der Waals surface area contributed by atoms with E-state index in [2.05, 4.69) is 5.32 Å². The number of ether oxygens (including phenoxy) is 2. The van der Waals surface area contributed by atoms with Crippen molar-refractivity contribution in [1.82, 2.24) is 0 Å². The molecule has 8 heteroatoms. The fourth-order valence-electron chi connectivity index (χ4n) is 3.63. The molecule has 2 amide bonds. The lowest BCUT2D eigenvalue weighted by Gasteiger charge is -2.16. The van der Waals surface area contributed by atoms with E-state index in [0.717, 1.165) is 23.8 Å². The van der Waals surface area contributed by atoms with Crippen molar-refractivity contribution in [3.63, 3.8) is 0 Å². The lowest BCUT2D eigenvalue weighted by molar-refractivity contribution is -0.120. The molecule has 0 unspecified atom stereocenters. The van der Waals surface area contributed by atoms with Gasteiger partial charge in [0.1, 0.15) is 17.3 Å². The Kier molecular flexibility index (Phi) is 4.62. The third-order valence-corrected chi connectivity index (χ3v) is 5.22. The quantitative estimate of drug-likeness (QED) is 0.617. The summed E-state index contributed by atoms with van der Waals surface area (Å²) in [6.07, 6.45) is 0. The van der Waals surface area contributed by atoms with Gasteiger partial charge in [-0.2, -0.15) is 0 Å². The van der Waals surface area contributed by atoms with Crippen LogP contribution in [-0.4, -0.2) is 18.6 Å². The van der Waals surface area contributed by atoms with E-state index in [4.69, 9.17) is 9.47 Å². The van der Waals surface area contributed by atoms with Crippen LogP contribution < -0.4 is 19.7 Å². The molecule has 0 fully saturated rings. The van der Waals surface area contributed by atoms with Gasteiger partial charge in [-0.3, -0.25) is 9.59 Å². The molecule has 5 rings (SSSR count). The third-order valence-electron chi connectivity index (χ3n) is 5.22. The smallest absolute Gasteiger partial charge is 0.282 e. The van der Waals surface area contributed by atoms with Gasteiger partial charge in [-0.15, -0.1) is 0 Å². The van der Waals surface area contributed by atoms with Crippen molar-refractivity contribution >= 4 is 28.8 Å². The van der Waals surface area contributed by atoms with Gasteiger partial charge in [-0.05, 0) is 36.8 Å². The number of hydrogen-bond acceptors (Lipinski definition) is 5. The second-order valence-corrected chi connectivity index (χ2v) is 7.35. The van der Waals surface area contributed by atoms with E-state index in [1.807, 2.05) is 6.92 Å². The number of hydrogen-bond donors (Lipinski definition) is 1. The molecule has 1 N–H and O–H groups in total. The molecule has 0 atom stereocenters. The number of fused-ring (bicyclic) bond motifs is 1. The Bertz CT molecular complexity index is 1300. The summed E-state index contributed by atoms with van der Waals surface area (Å²) in [6, 6.07) is 14.6. The number of amides is 2. The highest BCUT2D eigenvalue weighted by atomic mass is 19.1. The second kappa shape index (κ2) is 7.49. The summed E-state index contributed by atoms with van der Waals surface area (Å²) < 4.78 is 38.9. The highest BCUT2D eigenvalue weighted by molar-refractivity contribution is 6.46. The Morgan fingerprint density at radius 2 is 1.62 bits per heavy atom. The normalized spacial score (nSPS) is 15.0. The Balaban J connectivity index is 1.61. The predicted octanol–water partition coefficient (Wildman–Crippen LogP) is 4.40. The molecule has 0 bridgehead atoms. The number of imide groups is 1. The Labute approximate surface area is 181 Å². The number of carbonyl (C=O) groups is 2. The van der Waals surface area contributed by atoms with Gasteiger partial charge >= 0.3 is 0 Å². The van der Waals surface area contributed by atoms with E-state index in [-0.39, 0.29) is 18.1 Å². The minimum absolute atomic E-state index is 0.0522. The van der Waals surface area contributed by atoms with Gasteiger partial charge in [0, 0.05) is 17.8 Å². The average Bonchev–Trinajstić information content (AvgIpc) is 3.33. The van der Waals surface area contributed by atoms with Crippen LogP contribution in [0.4, 0.5) is 20.2 Å². The van der Waals surface area contributed by atoms with Crippen LogP contribution in [-0.2, 0) is 9.59 Å². The Morgan fingerprint density at radius 3 is 2.41 bits per heavy atom. The lowest BCUT2D eigenvalue weighted by atomic mass is 10.0. The zero-order valence-corrected chi connectivity index (χ0v) is 16.8. The summed E-state index contributed by atoms with van der Waals surface area (Å²) in [5, 5.41) is 2.96.